The van der Waals surface area contributed by atoms with Crippen molar-refractivity contribution < 1.29 is 28.8 Å². The molecule has 2 heterocycles. The van der Waals surface area contributed by atoms with Crippen LogP contribution in [0.2, 0.25) is 10.0 Å². The van der Waals surface area contributed by atoms with Gasteiger partial charge in [-0.15, -0.1) is 0 Å². The fourth-order valence-electron chi connectivity index (χ4n) is 4.70. The van der Waals surface area contributed by atoms with Crippen molar-refractivity contribution in [2.45, 2.75) is 18.7 Å². The number of fused-ring (bicyclic) bond motifs is 3. The molecule has 0 radical (unpaired) electrons. The van der Waals surface area contributed by atoms with Crippen molar-refractivity contribution in [2.75, 3.05) is 21.3 Å². The number of para-hydroxylation sites is 1. The van der Waals surface area contributed by atoms with Gasteiger partial charge in [-0.3, -0.25) is 0 Å². The lowest BCUT2D eigenvalue weighted by Gasteiger charge is -2.39. The third kappa shape index (κ3) is 3.86. The lowest BCUT2D eigenvalue weighted by atomic mass is 9.94. The normalized spacial score (nSPS) is 18.0. The SMILES string of the molecule is COc1cccc2c1OC(c1ccc(OC)c(OC)c1C(=O)O)N1N=C(c3ccc(Cl)cc3Cl)CC21. The van der Waals surface area contributed by atoms with Gasteiger partial charge in [-0.25, -0.2) is 9.80 Å². The number of hydrogen-bond donors (Lipinski definition) is 1. The first-order valence-electron chi connectivity index (χ1n) is 11.0. The molecule has 10 heteroatoms. The predicted octanol–water partition coefficient (Wildman–Crippen LogP) is 5.96. The number of rotatable bonds is 6. The van der Waals surface area contributed by atoms with Crippen molar-refractivity contribution in [1.82, 2.24) is 5.01 Å². The number of methoxy groups -OCH3 is 3. The molecule has 0 amide bonds. The molecule has 8 nitrogen and oxygen atoms in total. The van der Waals surface area contributed by atoms with Crippen LogP contribution in [0.4, 0.5) is 0 Å². The Balaban J connectivity index is 1.71. The molecule has 0 bridgehead atoms. The number of halogens is 2. The standard InChI is InChI=1S/C26H22Cl2N2O6/c1-33-20-6-4-5-15-19-12-18(14-8-7-13(27)11-17(14)28)29-30(19)25(36-23(15)20)16-9-10-21(34-2)24(35-3)22(16)26(31)32/h4-11,19,25H,12H2,1-3H3,(H,31,32). The van der Waals surface area contributed by atoms with E-state index in [9.17, 15) is 9.90 Å². The highest BCUT2D eigenvalue weighted by Gasteiger charge is 2.44. The second kappa shape index (κ2) is 9.44. The van der Waals surface area contributed by atoms with Crippen molar-refractivity contribution in [1.29, 1.82) is 0 Å². The number of hydrogen-bond acceptors (Lipinski definition) is 7. The van der Waals surface area contributed by atoms with E-state index in [1.807, 2.05) is 18.2 Å². The molecule has 0 fully saturated rings. The van der Waals surface area contributed by atoms with Gasteiger partial charge in [-0.05, 0) is 30.3 Å². The number of benzene rings is 3. The van der Waals surface area contributed by atoms with E-state index < -0.39 is 12.2 Å². The number of aromatic carboxylic acids is 1. The van der Waals surface area contributed by atoms with Crippen LogP contribution in [0.15, 0.2) is 53.6 Å². The van der Waals surface area contributed by atoms with Gasteiger partial charge in [0, 0.05) is 28.1 Å². The summed E-state index contributed by atoms with van der Waals surface area (Å²) in [5, 5.41) is 17.8. The molecule has 5 rings (SSSR count). The molecule has 0 saturated heterocycles. The Bertz CT molecular complexity index is 1390. The van der Waals surface area contributed by atoms with Crippen LogP contribution in [0.5, 0.6) is 23.0 Å². The van der Waals surface area contributed by atoms with Gasteiger partial charge in [0.1, 0.15) is 5.56 Å². The van der Waals surface area contributed by atoms with Gasteiger partial charge in [0.15, 0.2) is 23.0 Å². The summed E-state index contributed by atoms with van der Waals surface area (Å²) in [7, 11) is 4.40. The number of nitrogens with zero attached hydrogens (tertiary/aromatic N) is 2. The number of hydrazone groups is 1. The van der Waals surface area contributed by atoms with E-state index in [-0.39, 0.29) is 17.4 Å². The average Bonchev–Trinajstić information content (AvgIpc) is 3.32. The maximum atomic E-state index is 12.4. The Morgan fingerprint density at radius 2 is 1.81 bits per heavy atom. The van der Waals surface area contributed by atoms with Gasteiger partial charge in [0.05, 0.1) is 38.1 Å². The van der Waals surface area contributed by atoms with E-state index in [0.29, 0.717) is 39.3 Å². The number of carbonyl (C=O) groups is 1. The minimum Gasteiger partial charge on any atom is -0.493 e. The molecule has 2 atom stereocenters. The van der Waals surface area contributed by atoms with E-state index in [0.717, 1.165) is 16.8 Å². The molecule has 0 spiro atoms. The van der Waals surface area contributed by atoms with Crippen LogP contribution in [-0.4, -0.2) is 43.1 Å². The van der Waals surface area contributed by atoms with Gasteiger partial charge < -0.3 is 24.1 Å². The van der Waals surface area contributed by atoms with Gasteiger partial charge in [-0.1, -0.05) is 41.4 Å². The summed E-state index contributed by atoms with van der Waals surface area (Å²) in [4.78, 5) is 12.4. The summed E-state index contributed by atoms with van der Waals surface area (Å²) in [6.07, 6.45) is -0.384. The highest BCUT2D eigenvalue weighted by molar-refractivity contribution is 6.37. The highest BCUT2D eigenvalue weighted by Crippen LogP contribution is 2.52. The maximum Gasteiger partial charge on any atom is 0.340 e. The largest absolute Gasteiger partial charge is 0.493 e. The van der Waals surface area contributed by atoms with Crippen LogP contribution in [0.3, 0.4) is 0 Å². The monoisotopic (exact) mass is 528 g/mol. The second-order valence-electron chi connectivity index (χ2n) is 8.19. The quantitative estimate of drug-likeness (QED) is 0.422. The summed E-state index contributed by atoms with van der Waals surface area (Å²) in [5.74, 6) is 0.263. The number of carboxylic acids is 1. The van der Waals surface area contributed by atoms with Gasteiger partial charge >= 0.3 is 5.97 Å². The van der Waals surface area contributed by atoms with Gasteiger partial charge in [0.25, 0.3) is 0 Å². The summed E-state index contributed by atoms with van der Waals surface area (Å²) >= 11 is 12.6. The van der Waals surface area contributed by atoms with Crippen molar-refractivity contribution in [3.8, 4) is 23.0 Å². The fraction of sp³-hybridized carbons (Fsp3) is 0.231. The highest BCUT2D eigenvalue weighted by atomic mass is 35.5. The minimum absolute atomic E-state index is 0.0767. The Morgan fingerprint density at radius 3 is 2.47 bits per heavy atom. The summed E-state index contributed by atoms with van der Waals surface area (Å²) in [6.45, 7) is 0. The zero-order chi connectivity index (χ0) is 25.6. The van der Waals surface area contributed by atoms with Crippen LogP contribution in [-0.2, 0) is 0 Å². The molecule has 2 unspecified atom stereocenters. The molecule has 186 valence electrons. The smallest absolute Gasteiger partial charge is 0.340 e. The predicted molar refractivity (Wildman–Crippen MR) is 135 cm³/mol. The van der Waals surface area contributed by atoms with Gasteiger partial charge in [0.2, 0.25) is 6.23 Å². The Hall–Kier alpha value is -3.62. The van der Waals surface area contributed by atoms with Crippen molar-refractivity contribution in [3.63, 3.8) is 0 Å². The molecule has 0 aliphatic carbocycles. The maximum absolute atomic E-state index is 12.4. The molecule has 0 saturated carbocycles. The molecule has 3 aromatic carbocycles. The summed E-state index contributed by atoms with van der Waals surface area (Å²) in [6, 6.07) is 13.9. The molecular formula is C26H22Cl2N2O6. The molecule has 0 aromatic heterocycles. The first kappa shape index (κ1) is 24.1. The van der Waals surface area contributed by atoms with Crippen molar-refractivity contribution in [2.24, 2.45) is 5.10 Å². The van der Waals surface area contributed by atoms with E-state index in [1.54, 1.807) is 42.5 Å². The van der Waals surface area contributed by atoms with Gasteiger partial charge in [-0.2, -0.15) is 5.10 Å². The van der Waals surface area contributed by atoms with Crippen LogP contribution in [0.1, 0.15) is 45.7 Å². The van der Waals surface area contributed by atoms with E-state index in [4.69, 9.17) is 47.3 Å². The molecular weight excluding hydrogens is 507 g/mol. The molecule has 36 heavy (non-hydrogen) atoms. The average molecular weight is 529 g/mol. The first-order valence-corrected chi connectivity index (χ1v) is 11.8. The third-order valence-corrected chi connectivity index (χ3v) is 6.85. The molecule has 3 aromatic rings. The van der Waals surface area contributed by atoms with E-state index in [2.05, 4.69) is 0 Å². The third-order valence-electron chi connectivity index (χ3n) is 6.30. The number of carboxylic acid groups (broad SMARTS) is 1. The number of ether oxygens (including phenoxy) is 4. The van der Waals surface area contributed by atoms with Crippen LogP contribution >= 0.6 is 23.2 Å². The lowest BCUT2D eigenvalue weighted by molar-refractivity contribution is -0.0217. The van der Waals surface area contributed by atoms with Crippen LogP contribution in [0.25, 0.3) is 0 Å². The first-order chi connectivity index (χ1) is 17.4. The van der Waals surface area contributed by atoms with E-state index >= 15 is 0 Å². The molecule has 2 aliphatic heterocycles. The topological polar surface area (TPSA) is 89.8 Å². The Kier molecular flexibility index (Phi) is 6.32. The second-order valence-corrected chi connectivity index (χ2v) is 9.03. The molecule has 1 N–H and O–H groups in total. The molecule has 2 aliphatic rings. The van der Waals surface area contributed by atoms with Crippen molar-refractivity contribution >= 4 is 34.9 Å². The summed E-state index contributed by atoms with van der Waals surface area (Å²) in [5.41, 5.74) is 2.61. The Labute approximate surface area is 217 Å². The lowest BCUT2D eigenvalue weighted by Crippen LogP contribution is -2.35. The zero-order valence-electron chi connectivity index (χ0n) is 19.6. The minimum atomic E-state index is -1.18. The van der Waals surface area contributed by atoms with E-state index in [1.165, 1.54) is 14.2 Å². The fourth-order valence-corrected chi connectivity index (χ4v) is 5.22. The van der Waals surface area contributed by atoms with Crippen LogP contribution < -0.4 is 18.9 Å². The van der Waals surface area contributed by atoms with Crippen molar-refractivity contribution in [3.05, 3.63) is 80.8 Å². The van der Waals surface area contributed by atoms with Crippen LogP contribution in [0, 0.1) is 0 Å². The zero-order valence-corrected chi connectivity index (χ0v) is 21.1. The summed E-state index contributed by atoms with van der Waals surface area (Å²) < 4.78 is 22.8. The Morgan fingerprint density at radius 1 is 1.03 bits per heavy atom.